The number of carboxylic acid groups (broad SMARTS) is 1. The molecule has 3 rings (SSSR count). The van der Waals surface area contributed by atoms with Gasteiger partial charge in [0.25, 0.3) is 0 Å². The molecule has 0 atom stereocenters. The third kappa shape index (κ3) is 1.69. The van der Waals surface area contributed by atoms with Crippen molar-refractivity contribution >= 4 is 17.0 Å². The lowest BCUT2D eigenvalue weighted by Gasteiger charge is -2.14. The maximum Gasteiger partial charge on any atom is 0.405 e. The van der Waals surface area contributed by atoms with Crippen LogP contribution >= 0.6 is 0 Å². The van der Waals surface area contributed by atoms with Gasteiger partial charge in [0.05, 0.1) is 16.7 Å². The zero-order valence-corrected chi connectivity index (χ0v) is 9.05. The van der Waals surface area contributed by atoms with Crippen LogP contribution in [-0.4, -0.2) is 21.2 Å². The Hall–Kier alpha value is -2.17. The van der Waals surface area contributed by atoms with Crippen LogP contribution in [0, 0.1) is 0 Å². The first kappa shape index (κ1) is 10.0. The Morgan fingerprint density at radius 1 is 1.35 bits per heavy atom. The van der Waals surface area contributed by atoms with Gasteiger partial charge in [0.1, 0.15) is 0 Å². The summed E-state index contributed by atoms with van der Waals surface area (Å²) in [5, 5.41) is 12.3. The van der Waals surface area contributed by atoms with Crippen molar-refractivity contribution < 1.29 is 9.90 Å². The van der Waals surface area contributed by atoms with E-state index in [0.29, 0.717) is 0 Å². The van der Waals surface area contributed by atoms with Gasteiger partial charge in [-0.15, -0.1) is 0 Å². The van der Waals surface area contributed by atoms with E-state index in [1.165, 1.54) is 0 Å². The molecular weight excluding hydrogens is 218 g/mol. The topological polar surface area (TPSA) is 75.1 Å². The van der Waals surface area contributed by atoms with E-state index >= 15 is 0 Å². The van der Waals surface area contributed by atoms with E-state index in [0.717, 1.165) is 29.4 Å². The number of amides is 1. The fraction of sp³-hybridized carbons (Fsp3) is 0.250. The van der Waals surface area contributed by atoms with Crippen LogP contribution in [0.4, 0.5) is 4.79 Å². The molecule has 5 nitrogen and oxygen atoms in total. The largest absolute Gasteiger partial charge is 0.465 e. The number of aromatic nitrogens is 2. The molecular formula is C12H11N3O2. The summed E-state index contributed by atoms with van der Waals surface area (Å²) in [7, 11) is 0. The minimum atomic E-state index is -1.00. The van der Waals surface area contributed by atoms with Crippen LogP contribution in [0.2, 0.25) is 0 Å². The molecule has 86 valence electrons. The summed E-state index contributed by atoms with van der Waals surface area (Å²) >= 11 is 0. The molecule has 0 aromatic carbocycles. The normalized spacial score (nSPS) is 16.7. The highest BCUT2D eigenvalue weighted by Crippen LogP contribution is 2.44. The van der Waals surface area contributed by atoms with Crippen molar-refractivity contribution in [3.63, 3.8) is 0 Å². The van der Waals surface area contributed by atoms with Crippen LogP contribution in [-0.2, 0) is 5.54 Å². The smallest absolute Gasteiger partial charge is 0.405 e. The van der Waals surface area contributed by atoms with E-state index in [2.05, 4.69) is 15.3 Å². The number of hydrogen-bond donors (Lipinski definition) is 2. The monoisotopic (exact) mass is 229 g/mol. The van der Waals surface area contributed by atoms with Gasteiger partial charge in [0.15, 0.2) is 0 Å². The van der Waals surface area contributed by atoms with Gasteiger partial charge in [-0.3, -0.25) is 9.97 Å². The second kappa shape index (κ2) is 3.41. The number of hydrogen-bond acceptors (Lipinski definition) is 3. The molecule has 1 saturated carbocycles. The van der Waals surface area contributed by atoms with Crippen molar-refractivity contribution in [1.29, 1.82) is 0 Å². The number of rotatable bonds is 2. The predicted molar refractivity (Wildman–Crippen MR) is 61.6 cm³/mol. The standard InChI is InChI=1S/C12H11N3O2/c16-11(17)15-12(4-5-12)10-2-1-8-7-13-6-3-9(8)14-10/h1-3,6-7,15H,4-5H2,(H,16,17). The number of fused-ring (bicyclic) bond motifs is 1. The van der Waals surface area contributed by atoms with Gasteiger partial charge in [-0.1, -0.05) is 0 Å². The first-order valence-corrected chi connectivity index (χ1v) is 5.42. The lowest BCUT2D eigenvalue weighted by atomic mass is 10.1. The summed E-state index contributed by atoms with van der Waals surface area (Å²) in [5.74, 6) is 0. The van der Waals surface area contributed by atoms with Crippen LogP contribution in [0.1, 0.15) is 18.5 Å². The Balaban J connectivity index is 2.03. The average molecular weight is 229 g/mol. The molecule has 0 bridgehead atoms. The summed E-state index contributed by atoms with van der Waals surface area (Å²) < 4.78 is 0. The number of nitrogens with zero attached hydrogens (tertiary/aromatic N) is 2. The molecule has 17 heavy (non-hydrogen) atoms. The highest BCUT2D eigenvalue weighted by Gasteiger charge is 2.47. The molecule has 0 spiro atoms. The van der Waals surface area contributed by atoms with Gasteiger partial charge in [-0.2, -0.15) is 0 Å². The summed E-state index contributed by atoms with van der Waals surface area (Å²) in [5.41, 5.74) is 1.16. The van der Waals surface area contributed by atoms with E-state index < -0.39 is 11.6 Å². The third-order valence-corrected chi connectivity index (χ3v) is 3.08. The minimum absolute atomic E-state index is 0.469. The Kier molecular flexibility index (Phi) is 2.01. The molecule has 0 radical (unpaired) electrons. The zero-order chi connectivity index (χ0) is 11.9. The number of carbonyl (C=O) groups is 1. The molecule has 1 fully saturated rings. The Bertz CT molecular complexity index is 593. The molecule has 1 aliphatic rings. The van der Waals surface area contributed by atoms with Crippen molar-refractivity contribution in [2.45, 2.75) is 18.4 Å². The van der Waals surface area contributed by atoms with Gasteiger partial charge >= 0.3 is 6.09 Å². The Morgan fingerprint density at radius 3 is 2.88 bits per heavy atom. The highest BCUT2D eigenvalue weighted by atomic mass is 16.4. The van der Waals surface area contributed by atoms with E-state index in [1.807, 2.05) is 18.2 Å². The SMILES string of the molecule is O=C(O)NC1(c2ccc3cnccc3n2)CC1. The quantitative estimate of drug-likeness (QED) is 0.824. The van der Waals surface area contributed by atoms with Gasteiger partial charge in [-0.25, -0.2) is 4.79 Å². The molecule has 5 heteroatoms. The molecule has 1 aliphatic carbocycles. The molecule has 0 aliphatic heterocycles. The van der Waals surface area contributed by atoms with Crippen LogP contribution < -0.4 is 5.32 Å². The molecule has 2 aromatic rings. The summed E-state index contributed by atoms with van der Waals surface area (Å²) in [4.78, 5) is 19.3. The van der Waals surface area contributed by atoms with E-state index in [9.17, 15) is 4.79 Å². The predicted octanol–water partition coefficient (Wildman–Crippen LogP) is 1.89. The molecule has 1 amide bonds. The van der Waals surface area contributed by atoms with Crippen LogP contribution in [0.3, 0.4) is 0 Å². The second-order valence-corrected chi connectivity index (χ2v) is 4.28. The van der Waals surface area contributed by atoms with Crippen molar-refractivity contribution in [3.8, 4) is 0 Å². The number of nitrogens with one attached hydrogen (secondary N) is 1. The van der Waals surface area contributed by atoms with Crippen molar-refractivity contribution in [2.75, 3.05) is 0 Å². The van der Waals surface area contributed by atoms with Crippen LogP contribution in [0.5, 0.6) is 0 Å². The van der Waals surface area contributed by atoms with Gasteiger partial charge < -0.3 is 10.4 Å². The molecule has 2 N–H and O–H groups in total. The van der Waals surface area contributed by atoms with Crippen molar-refractivity contribution in [2.24, 2.45) is 0 Å². The molecule has 0 saturated heterocycles. The van der Waals surface area contributed by atoms with Gasteiger partial charge in [-0.05, 0) is 31.0 Å². The first-order valence-electron chi connectivity index (χ1n) is 5.42. The van der Waals surface area contributed by atoms with E-state index in [4.69, 9.17) is 5.11 Å². The lowest BCUT2D eigenvalue weighted by Crippen LogP contribution is -2.34. The van der Waals surface area contributed by atoms with E-state index in [1.54, 1.807) is 12.4 Å². The lowest BCUT2D eigenvalue weighted by molar-refractivity contribution is 0.188. The van der Waals surface area contributed by atoms with Crippen molar-refractivity contribution in [3.05, 3.63) is 36.3 Å². The van der Waals surface area contributed by atoms with Gasteiger partial charge in [0, 0.05) is 17.8 Å². The maximum absolute atomic E-state index is 10.7. The zero-order valence-electron chi connectivity index (χ0n) is 9.05. The fourth-order valence-corrected chi connectivity index (χ4v) is 2.01. The summed E-state index contributed by atoms with van der Waals surface area (Å²) in [6.45, 7) is 0. The van der Waals surface area contributed by atoms with Gasteiger partial charge in [0.2, 0.25) is 0 Å². The molecule has 0 unspecified atom stereocenters. The fourth-order valence-electron chi connectivity index (χ4n) is 2.01. The average Bonchev–Trinajstić information content (AvgIpc) is 3.08. The van der Waals surface area contributed by atoms with Crippen LogP contribution in [0.25, 0.3) is 10.9 Å². The van der Waals surface area contributed by atoms with Crippen molar-refractivity contribution in [1.82, 2.24) is 15.3 Å². The Morgan fingerprint density at radius 2 is 2.18 bits per heavy atom. The summed E-state index contributed by atoms with van der Waals surface area (Å²) in [6, 6.07) is 5.62. The number of pyridine rings is 2. The highest BCUT2D eigenvalue weighted by molar-refractivity contribution is 5.77. The Labute approximate surface area is 97.5 Å². The molecule has 2 aromatic heterocycles. The van der Waals surface area contributed by atoms with Crippen LogP contribution in [0.15, 0.2) is 30.6 Å². The minimum Gasteiger partial charge on any atom is -0.465 e. The maximum atomic E-state index is 10.7. The first-order chi connectivity index (χ1) is 8.20. The molecule has 2 heterocycles. The second-order valence-electron chi connectivity index (χ2n) is 4.28. The summed E-state index contributed by atoms with van der Waals surface area (Å²) in [6.07, 6.45) is 4.05. The van der Waals surface area contributed by atoms with E-state index in [-0.39, 0.29) is 0 Å². The third-order valence-electron chi connectivity index (χ3n) is 3.08.